The zero-order chi connectivity index (χ0) is 9.03. The molecule has 0 aromatic heterocycles. The molecule has 0 radical (unpaired) electrons. The molecule has 0 aromatic rings. The zero-order valence-corrected chi connectivity index (χ0v) is 8.82. The summed E-state index contributed by atoms with van der Waals surface area (Å²) in [7, 11) is 2.07. The maximum absolute atomic E-state index is 3.32. The van der Waals surface area contributed by atoms with Gasteiger partial charge in [0.05, 0.1) is 0 Å². The minimum atomic E-state index is 0.591. The topological polar surface area (TPSA) is 12.0 Å². The number of hydrogen-bond acceptors (Lipinski definition) is 1. The first-order valence-corrected chi connectivity index (χ1v) is 5.35. The van der Waals surface area contributed by atoms with E-state index in [0.29, 0.717) is 5.41 Å². The fraction of sp³-hybridized carbons (Fsp3) is 1.00. The van der Waals surface area contributed by atoms with Crippen molar-refractivity contribution in [1.82, 2.24) is 5.32 Å². The molecule has 1 heteroatoms. The standard InChI is InChI=1S/C11H23N/c1-4-10-6-5-7-11(2,8-10)9-12-3/h10,12H,4-9H2,1-3H3. The Morgan fingerprint density at radius 3 is 2.83 bits per heavy atom. The molecule has 0 heterocycles. The lowest BCUT2D eigenvalue weighted by Gasteiger charge is -2.37. The van der Waals surface area contributed by atoms with Crippen molar-refractivity contribution in [1.29, 1.82) is 0 Å². The first-order chi connectivity index (χ1) is 5.70. The van der Waals surface area contributed by atoms with Crippen LogP contribution in [0.2, 0.25) is 0 Å². The van der Waals surface area contributed by atoms with Crippen molar-refractivity contribution in [2.24, 2.45) is 11.3 Å². The minimum absolute atomic E-state index is 0.591. The van der Waals surface area contributed by atoms with Gasteiger partial charge in [-0.1, -0.05) is 33.1 Å². The summed E-state index contributed by atoms with van der Waals surface area (Å²) in [6, 6.07) is 0. The van der Waals surface area contributed by atoms with Gasteiger partial charge in [0.2, 0.25) is 0 Å². The first kappa shape index (κ1) is 10.0. The van der Waals surface area contributed by atoms with Crippen LogP contribution in [-0.2, 0) is 0 Å². The Morgan fingerprint density at radius 2 is 2.25 bits per heavy atom. The quantitative estimate of drug-likeness (QED) is 0.685. The average Bonchev–Trinajstić information content (AvgIpc) is 2.04. The molecule has 2 unspecified atom stereocenters. The molecule has 0 spiro atoms. The van der Waals surface area contributed by atoms with Gasteiger partial charge < -0.3 is 5.32 Å². The third-order valence-corrected chi connectivity index (χ3v) is 3.36. The van der Waals surface area contributed by atoms with E-state index in [-0.39, 0.29) is 0 Å². The van der Waals surface area contributed by atoms with Crippen LogP contribution in [0, 0.1) is 11.3 Å². The van der Waals surface area contributed by atoms with Gasteiger partial charge in [0, 0.05) is 6.54 Å². The van der Waals surface area contributed by atoms with Crippen LogP contribution in [0.15, 0.2) is 0 Å². The van der Waals surface area contributed by atoms with Crippen molar-refractivity contribution < 1.29 is 0 Å². The second-order valence-electron chi connectivity index (χ2n) is 4.71. The molecule has 0 bridgehead atoms. The Balaban J connectivity index is 2.43. The Kier molecular flexibility index (Phi) is 3.57. The van der Waals surface area contributed by atoms with Gasteiger partial charge in [-0.05, 0) is 31.2 Å². The van der Waals surface area contributed by atoms with Crippen molar-refractivity contribution in [2.45, 2.75) is 46.0 Å². The van der Waals surface area contributed by atoms with E-state index in [1.165, 1.54) is 38.6 Å². The Bertz CT molecular complexity index is 129. The second-order valence-corrected chi connectivity index (χ2v) is 4.71. The monoisotopic (exact) mass is 169 g/mol. The van der Waals surface area contributed by atoms with Gasteiger partial charge in [-0.2, -0.15) is 0 Å². The molecule has 1 fully saturated rings. The Hall–Kier alpha value is -0.0400. The van der Waals surface area contributed by atoms with Gasteiger partial charge in [0.1, 0.15) is 0 Å². The molecule has 1 rings (SSSR count). The number of nitrogens with one attached hydrogen (secondary N) is 1. The normalized spacial score (nSPS) is 36.8. The van der Waals surface area contributed by atoms with E-state index >= 15 is 0 Å². The molecule has 1 N–H and O–H groups in total. The molecular formula is C11H23N. The van der Waals surface area contributed by atoms with Crippen LogP contribution in [0.1, 0.15) is 46.0 Å². The average molecular weight is 169 g/mol. The van der Waals surface area contributed by atoms with E-state index in [9.17, 15) is 0 Å². The maximum Gasteiger partial charge on any atom is 0.000226 e. The van der Waals surface area contributed by atoms with Crippen molar-refractivity contribution in [3.05, 3.63) is 0 Å². The molecule has 0 amide bonds. The molecule has 0 aliphatic heterocycles. The van der Waals surface area contributed by atoms with E-state index < -0.39 is 0 Å². The van der Waals surface area contributed by atoms with Crippen molar-refractivity contribution in [2.75, 3.05) is 13.6 Å². The van der Waals surface area contributed by atoms with Crippen LogP contribution in [-0.4, -0.2) is 13.6 Å². The SMILES string of the molecule is CCC1CCCC(C)(CNC)C1. The van der Waals surface area contributed by atoms with E-state index in [0.717, 1.165) is 5.92 Å². The van der Waals surface area contributed by atoms with Gasteiger partial charge in [-0.15, -0.1) is 0 Å². The molecule has 0 saturated heterocycles. The van der Waals surface area contributed by atoms with Crippen molar-refractivity contribution in [3.8, 4) is 0 Å². The van der Waals surface area contributed by atoms with E-state index in [1.54, 1.807) is 0 Å². The second kappa shape index (κ2) is 4.27. The summed E-state index contributed by atoms with van der Waals surface area (Å²) in [6.07, 6.45) is 7.14. The third kappa shape index (κ3) is 2.48. The summed E-state index contributed by atoms with van der Waals surface area (Å²) in [6.45, 7) is 5.96. The van der Waals surface area contributed by atoms with E-state index in [4.69, 9.17) is 0 Å². The molecule has 1 aliphatic rings. The number of rotatable bonds is 3. The van der Waals surface area contributed by atoms with Gasteiger partial charge in [-0.3, -0.25) is 0 Å². The van der Waals surface area contributed by atoms with Gasteiger partial charge >= 0.3 is 0 Å². The van der Waals surface area contributed by atoms with Gasteiger partial charge in [-0.25, -0.2) is 0 Å². The van der Waals surface area contributed by atoms with Gasteiger partial charge in [0.15, 0.2) is 0 Å². The summed E-state index contributed by atoms with van der Waals surface area (Å²) in [5, 5.41) is 3.32. The summed E-state index contributed by atoms with van der Waals surface area (Å²) >= 11 is 0. The Morgan fingerprint density at radius 1 is 1.50 bits per heavy atom. The highest BCUT2D eigenvalue weighted by Gasteiger charge is 2.30. The predicted molar refractivity (Wildman–Crippen MR) is 54.3 cm³/mol. The smallest absolute Gasteiger partial charge is 0.000226 e. The molecule has 2 atom stereocenters. The molecular weight excluding hydrogens is 146 g/mol. The van der Waals surface area contributed by atoms with Crippen LogP contribution in [0.4, 0.5) is 0 Å². The van der Waals surface area contributed by atoms with E-state index in [2.05, 4.69) is 26.2 Å². The van der Waals surface area contributed by atoms with E-state index in [1.807, 2.05) is 0 Å². The van der Waals surface area contributed by atoms with Crippen LogP contribution in [0.5, 0.6) is 0 Å². The lowest BCUT2D eigenvalue weighted by molar-refractivity contribution is 0.155. The Labute approximate surface area is 76.9 Å². The predicted octanol–water partition coefficient (Wildman–Crippen LogP) is 2.81. The van der Waals surface area contributed by atoms with Crippen molar-refractivity contribution >= 4 is 0 Å². The summed E-state index contributed by atoms with van der Waals surface area (Å²) in [4.78, 5) is 0. The zero-order valence-electron chi connectivity index (χ0n) is 8.82. The summed E-state index contributed by atoms with van der Waals surface area (Å²) in [5.41, 5.74) is 0.591. The lowest BCUT2D eigenvalue weighted by Crippen LogP contribution is -2.34. The van der Waals surface area contributed by atoms with Crippen LogP contribution in [0.3, 0.4) is 0 Å². The highest BCUT2D eigenvalue weighted by Crippen LogP contribution is 2.39. The molecule has 1 nitrogen and oxygen atoms in total. The molecule has 12 heavy (non-hydrogen) atoms. The van der Waals surface area contributed by atoms with Gasteiger partial charge in [0.25, 0.3) is 0 Å². The fourth-order valence-electron chi connectivity index (χ4n) is 2.65. The summed E-state index contributed by atoms with van der Waals surface area (Å²) < 4.78 is 0. The van der Waals surface area contributed by atoms with Crippen LogP contribution >= 0.6 is 0 Å². The molecule has 1 saturated carbocycles. The molecule has 1 aliphatic carbocycles. The largest absolute Gasteiger partial charge is 0.319 e. The van der Waals surface area contributed by atoms with Crippen molar-refractivity contribution in [3.63, 3.8) is 0 Å². The van der Waals surface area contributed by atoms with Crippen LogP contribution < -0.4 is 5.32 Å². The third-order valence-electron chi connectivity index (χ3n) is 3.36. The lowest BCUT2D eigenvalue weighted by atomic mass is 9.70. The molecule has 72 valence electrons. The number of hydrogen-bond donors (Lipinski definition) is 1. The highest BCUT2D eigenvalue weighted by molar-refractivity contribution is 4.83. The molecule has 0 aromatic carbocycles. The maximum atomic E-state index is 3.32. The minimum Gasteiger partial charge on any atom is -0.319 e. The summed E-state index contributed by atoms with van der Waals surface area (Å²) in [5.74, 6) is 0.997. The highest BCUT2D eigenvalue weighted by atomic mass is 14.8. The fourth-order valence-corrected chi connectivity index (χ4v) is 2.65. The van der Waals surface area contributed by atoms with Crippen LogP contribution in [0.25, 0.3) is 0 Å². The first-order valence-electron chi connectivity index (χ1n) is 5.35.